The summed E-state index contributed by atoms with van der Waals surface area (Å²) in [5.41, 5.74) is 2.98. The normalized spacial score (nSPS) is 14.8. The van der Waals surface area contributed by atoms with Gasteiger partial charge in [-0.15, -0.1) is 0 Å². The first-order chi connectivity index (χ1) is 20.3. The minimum absolute atomic E-state index is 0.221. The first-order valence-corrected chi connectivity index (χ1v) is 15.0. The van der Waals surface area contributed by atoms with Gasteiger partial charge in [0.05, 0.1) is 40.0 Å². The Balaban J connectivity index is 1.59. The zero-order chi connectivity index (χ0) is 29.8. The average Bonchev–Trinajstić information content (AvgIpc) is 3.30. The first-order valence-electron chi connectivity index (χ1n) is 13.4. The van der Waals surface area contributed by atoms with E-state index in [1.54, 1.807) is 28.8 Å². The fourth-order valence-corrected chi connectivity index (χ4v) is 6.37. The summed E-state index contributed by atoms with van der Waals surface area (Å²) in [6.07, 6.45) is 2.28. The van der Waals surface area contributed by atoms with Gasteiger partial charge < -0.3 is 14.2 Å². The Labute approximate surface area is 254 Å². The number of nitrogens with zero attached hydrogens (tertiary/aromatic N) is 2. The van der Waals surface area contributed by atoms with Gasteiger partial charge in [0.1, 0.15) is 12.4 Å². The number of ether oxygens (including phenoxy) is 3. The van der Waals surface area contributed by atoms with Crippen molar-refractivity contribution in [1.29, 1.82) is 0 Å². The second kappa shape index (κ2) is 12.9. The predicted octanol–water partition coefficient (Wildman–Crippen LogP) is 5.68. The summed E-state index contributed by atoms with van der Waals surface area (Å²) >= 11 is 4.85. The van der Waals surface area contributed by atoms with Crippen LogP contribution in [0.2, 0.25) is 0 Å². The molecule has 0 unspecified atom stereocenters. The maximum atomic E-state index is 13.9. The third kappa shape index (κ3) is 5.96. The van der Waals surface area contributed by atoms with Crippen LogP contribution in [-0.4, -0.2) is 24.3 Å². The van der Waals surface area contributed by atoms with Crippen LogP contribution < -0.4 is 24.4 Å². The monoisotopic (exact) mass is 650 g/mol. The Morgan fingerprint density at radius 2 is 1.83 bits per heavy atom. The highest BCUT2D eigenvalue weighted by molar-refractivity contribution is 9.10. The standard InChI is InChI=1S/C32H28BrFN2O5S/c1-4-24-27(31(38)39-3)28(21-9-7-6-8-10-21)36-30(37)26(42-32(36)35-24)17-20-15-23(33)29(25(16-20)40-5-2)41-18-19-11-13-22(34)14-12-19/h6-17,28H,4-5,18H2,1-3H3/b26-17-/t28-/m1/s1. The highest BCUT2D eigenvalue weighted by Crippen LogP contribution is 2.38. The minimum atomic E-state index is -0.667. The number of rotatable bonds is 9. The van der Waals surface area contributed by atoms with E-state index in [1.165, 1.54) is 30.6 Å². The van der Waals surface area contributed by atoms with Gasteiger partial charge in [0.15, 0.2) is 16.3 Å². The number of hydrogen-bond donors (Lipinski definition) is 0. The molecule has 1 aromatic heterocycles. The van der Waals surface area contributed by atoms with E-state index in [9.17, 15) is 14.0 Å². The Morgan fingerprint density at radius 3 is 2.50 bits per heavy atom. The Morgan fingerprint density at radius 1 is 1.10 bits per heavy atom. The SMILES string of the molecule is CCOc1cc(/C=c2\sc3n(c2=O)[C@H](c2ccccc2)C(C(=O)OC)=C(CC)N=3)cc(Br)c1OCc1ccc(F)cc1. The van der Waals surface area contributed by atoms with Gasteiger partial charge >= 0.3 is 5.97 Å². The Kier molecular flexibility index (Phi) is 9.03. The second-order valence-corrected chi connectivity index (χ2v) is 11.2. The molecule has 4 aromatic rings. The van der Waals surface area contributed by atoms with E-state index < -0.39 is 12.0 Å². The number of benzene rings is 3. The number of methoxy groups -OCH3 is 1. The minimum Gasteiger partial charge on any atom is -0.490 e. The summed E-state index contributed by atoms with van der Waals surface area (Å²) in [6.45, 7) is 4.41. The highest BCUT2D eigenvalue weighted by atomic mass is 79.9. The molecule has 0 saturated heterocycles. The van der Waals surface area contributed by atoms with Crippen LogP contribution in [0.25, 0.3) is 6.08 Å². The van der Waals surface area contributed by atoms with E-state index in [2.05, 4.69) is 15.9 Å². The molecule has 10 heteroatoms. The summed E-state index contributed by atoms with van der Waals surface area (Å²) < 4.78 is 33.0. The molecule has 0 N–H and O–H groups in total. The number of allylic oxidation sites excluding steroid dienone is 1. The van der Waals surface area contributed by atoms with Gasteiger partial charge in [-0.25, -0.2) is 14.2 Å². The number of hydrogen-bond acceptors (Lipinski definition) is 7. The van der Waals surface area contributed by atoms with E-state index in [1.807, 2.05) is 50.2 Å². The first kappa shape index (κ1) is 29.5. The van der Waals surface area contributed by atoms with Crippen LogP contribution in [0.3, 0.4) is 0 Å². The molecule has 1 aliphatic heterocycles. The topological polar surface area (TPSA) is 79.1 Å². The fourth-order valence-electron chi connectivity index (χ4n) is 4.78. The lowest BCUT2D eigenvalue weighted by atomic mass is 9.95. The highest BCUT2D eigenvalue weighted by Gasteiger charge is 2.33. The molecule has 0 radical (unpaired) electrons. The molecule has 0 amide bonds. The van der Waals surface area contributed by atoms with E-state index in [4.69, 9.17) is 19.2 Å². The molecule has 0 fully saturated rings. The van der Waals surface area contributed by atoms with Gasteiger partial charge in [0.25, 0.3) is 5.56 Å². The van der Waals surface area contributed by atoms with Crippen LogP contribution in [0.5, 0.6) is 11.5 Å². The Hall–Kier alpha value is -4.02. The summed E-state index contributed by atoms with van der Waals surface area (Å²) in [5, 5.41) is 0. The van der Waals surface area contributed by atoms with Crippen LogP contribution in [0.4, 0.5) is 4.39 Å². The van der Waals surface area contributed by atoms with Crippen molar-refractivity contribution in [3.8, 4) is 11.5 Å². The maximum Gasteiger partial charge on any atom is 0.338 e. The number of thiazole rings is 1. The lowest BCUT2D eigenvalue weighted by Gasteiger charge is -2.25. The molecule has 5 rings (SSSR count). The molecule has 0 saturated carbocycles. The summed E-state index contributed by atoms with van der Waals surface area (Å²) in [5.74, 6) is 0.169. The molecule has 7 nitrogen and oxygen atoms in total. The van der Waals surface area contributed by atoms with Gasteiger partial charge in [0.2, 0.25) is 0 Å². The molecular weight excluding hydrogens is 623 g/mol. The second-order valence-electron chi connectivity index (χ2n) is 9.38. The van der Waals surface area contributed by atoms with Gasteiger partial charge in [-0.05, 0) is 76.3 Å². The lowest BCUT2D eigenvalue weighted by molar-refractivity contribution is -0.136. The molecule has 216 valence electrons. The van der Waals surface area contributed by atoms with Crippen molar-refractivity contribution in [1.82, 2.24) is 4.57 Å². The number of fused-ring (bicyclic) bond motifs is 1. The van der Waals surface area contributed by atoms with Crippen molar-refractivity contribution in [3.05, 3.63) is 125 Å². The van der Waals surface area contributed by atoms with Crippen LogP contribution in [0, 0.1) is 5.82 Å². The largest absolute Gasteiger partial charge is 0.490 e. The molecule has 3 aromatic carbocycles. The van der Waals surface area contributed by atoms with Gasteiger partial charge in [-0.3, -0.25) is 9.36 Å². The molecule has 42 heavy (non-hydrogen) atoms. The molecule has 0 spiro atoms. The van der Waals surface area contributed by atoms with E-state index >= 15 is 0 Å². The third-order valence-corrected chi connectivity index (χ3v) is 8.26. The van der Waals surface area contributed by atoms with E-state index in [-0.39, 0.29) is 18.0 Å². The van der Waals surface area contributed by atoms with Crippen LogP contribution >= 0.6 is 27.3 Å². The van der Waals surface area contributed by atoms with E-state index in [0.29, 0.717) is 55.2 Å². The summed E-state index contributed by atoms with van der Waals surface area (Å²) in [7, 11) is 1.33. The predicted molar refractivity (Wildman–Crippen MR) is 163 cm³/mol. The van der Waals surface area contributed by atoms with Crippen molar-refractivity contribution in [2.24, 2.45) is 4.99 Å². The van der Waals surface area contributed by atoms with Gasteiger partial charge in [-0.1, -0.05) is 60.7 Å². The smallest absolute Gasteiger partial charge is 0.338 e. The molecular formula is C32H28BrFN2O5S. The number of carbonyl (C=O) groups excluding carboxylic acids is 1. The molecule has 2 heterocycles. The van der Waals surface area contributed by atoms with Crippen molar-refractivity contribution in [3.63, 3.8) is 0 Å². The molecule has 1 aliphatic rings. The average molecular weight is 652 g/mol. The van der Waals surface area contributed by atoms with Crippen LogP contribution in [-0.2, 0) is 16.1 Å². The number of aromatic nitrogens is 1. The van der Waals surface area contributed by atoms with Crippen molar-refractivity contribution < 1.29 is 23.4 Å². The van der Waals surface area contributed by atoms with E-state index in [0.717, 1.165) is 11.1 Å². The number of carbonyl (C=O) groups is 1. The summed E-state index contributed by atoms with van der Waals surface area (Å²) in [6, 6.07) is 18.5. The maximum absolute atomic E-state index is 13.9. The van der Waals surface area contributed by atoms with Crippen LogP contribution in [0.15, 0.2) is 92.3 Å². The van der Waals surface area contributed by atoms with Crippen molar-refractivity contribution >= 4 is 39.3 Å². The van der Waals surface area contributed by atoms with Crippen LogP contribution in [0.1, 0.15) is 43.0 Å². The summed E-state index contributed by atoms with van der Waals surface area (Å²) in [4.78, 5) is 32.1. The number of halogens is 2. The molecule has 0 bridgehead atoms. The number of esters is 1. The lowest BCUT2D eigenvalue weighted by Crippen LogP contribution is -2.40. The molecule has 1 atom stereocenters. The zero-order valence-electron chi connectivity index (χ0n) is 23.2. The molecule has 0 aliphatic carbocycles. The third-order valence-electron chi connectivity index (χ3n) is 6.69. The van der Waals surface area contributed by atoms with Gasteiger partial charge in [0, 0.05) is 0 Å². The fraction of sp³-hybridized carbons (Fsp3) is 0.219. The van der Waals surface area contributed by atoms with Gasteiger partial charge in [-0.2, -0.15) is 0 Å². The Bertz CT molecular complexity index is 1830. The zero-order valence-corrected chi connectivity index (χ0v) is 25.6. The van der Waals surface area contributed by atoms with Crippen molar-refractivity contribution in [2.75, 3.05) is 13.7 Å². The quantitative estimate of drug-likeness (QED) is 0.218. The van der Waals surface area contributed by atoms with Crippen molar-refractivity contribution in [2.45, 2.75) is 32.9 Å².